The van der Waals surface area contributed by atoms with Crippen molar-refractivity contribution in [2.24, 2.45) is 0 Å². The fourth-order valence-corrected chi connectivity index (χ4v) is 3.11. The molecule has 0 aliphatic heterocycles. The Hall–Kier alpha value is -3.88. The number of nitrogens with one attached hydrogen (secondary N) is 1. The first-order chi connectivity index (χ1) is 14.1. The van der Waals surface area contributed by atoms with Gasteiger partial charge in [-0.05, 0) is 48.5 Å². The second-order valence-electron chi connectivity index (χ2n) is 6.21. The van der Waals surface area contributed by atoms with E-state index in [4.69, 9.17) is 16.0 Å². The molecule has 2 heterocycles. The number of halogens is 1. The summed E-state index contributed by atoms with van der Waals surface area (Å²) in [5.74, 6) is 0.465. The molecule has 4 aromatic rings. The summed E-state index contributed by atoms with van der Waals surface area (Å²) < 4.78 is 5.75. The second kappa shape index (κ2) is 8.01. The monoisotopic (exact) mass is 399 g/mol. The van der Waals surface area contributed by atoms with Gasteiger partial charge >= 0.3 is 0 Å². The molecule has 1 N–H and O–H groups in total. The number of anilines is 1. The van der Waals surface area contributed by atoms with E-state index in [1.807, 2.05) is 30.3 Å². The fraction of sp³-hybridized carbons (Fsp3) is 0. The van der Waals surface area contributed by atoms with Crippen LogP contribution in [0.5, 0.6) is 0 Å². The SMILES string of the molecule is N#CC(=Cc1ccc(-c2cccc(Cl)c2)o1)C(=O)Nc1cccc2ncccc12. The highest BCUT2D eigenvalue weighted by Crippen LogP contribution is 2.26. The quantitative estimate of drug-likeness (QED) is 0.353. The number of nitriles is 1. The molecule has 29 heavy (non-hydrogen) atoms. The molecule has 1 amide bonds. The second-order valence-corrected chi connectivity index (χ2v) is 6.65. The van der Waals surface area contributed by atoms with Gasteiger partial charge in [0.25, 0.3) is 5.91 Å². The Bertz CT molecular complexity index is 1280. The zero-order valence-electron chi connectivity index (χ0n) is 15.1. The first-order valence-electron chi connectivity index (χ1n) is 8.77. The number of pyridine rings is 1. The number of carbonyl (C=O) groups is 1. The average Bonchev–Trinajstić information content (AvgIpc) is 3.21. The molecule has 0 spiro atoms. The molecule has 0 saturated carbocycles. The van der Waals surface area contributed by atoms with Crippen molar-refractivity contribution in [2.45, 2.75) is 0 Å². The van der Waals surface area contributed by atoms with E-state index in [0.717, 1.165) is 16.5 Å². The summed E-state index contributed by atoms with van der Waals surface area (Å²) >= 11 is 6.01. The van der Waals surface area contributed by atoms with Crippen molar-refractivity contribution in [3.05, 3.63) is 89.3 Å². The van der Waals surface area contributed by atoms with Crippen LogP contribution in [0.4, 0.5) is 5.69 Å². The number of nitrogens with zero attached hydrogens (tertiary/aromatic N) is 2. The molecule has 5 nitrogen and oxygen atoms in total. The van der Waals surface area contributed by atoms with Gasteiger partial charge in [0.05, 0.1) is 11.2 Å². The van der Waals surface area contributed by atoms with Crippen molar-refractivity contribution < 1.29 is 9.21 Å². The number of fused-ring (bicyclic) bond motifs is 1. The average molecular weight is 400 g/mol. The van der Waals surface area contributed by atoms with E-state index in [0.29, 0.717) is 22.2 Å². The topological polar surface area (TPSA) is 78.9 Å². The third-order valence-corrected chi connectivity index (χ3v) is 4.52. The van der Waals surface area contributed by atoms with Crippen LogP contribution in [-0.4, -0.2) is 10.9 Å². The van der Waals surface area contributed by atoms with Gasteiger partial charge in [0.1, 0.15) is 23.2 Å². The van der Waals surface area contributed by atoms with Crippen LogP contribution in [0.15, 0.2) is 82.9 Å². The van der Waals surface area contributed by atoms with Crippen molar-refractivity contribution in [2.75, 3.05) is 5.32 Å². The summed E-state index contributed by atoms with van der Waals surface area (Å²) in [7, 11) is 0. The molecule has 0 aliphatic rings. The van der Waals surface area contributed by atoms with E-state index in [-0.39, 0.29) is 5.57 Å². The number of hydrogen-bond acceptors (Lipinski definition) is 4. The lowest BCUT2D eigenvalue weighted by Crippen LogP contribution is -2.13. The highest BCUT2D eigenvalue weighted by atomic mass is 35.5. The molecule has 0 saturated heterocycles. The van der Waals surface area contributed by atoms with Crippen LogP contribution >= 0.6 is 11.6 Å². The number of carbonyl (C=O) groups excluding carboxylic acids is 1. The molecule has 6 heteroatoms. The minimum Gasteiger partial charge on any atom is -0.457 e. The number of rotatable bonds is 4. The molecule has 0 bridgehead atoms. The van der Waals surface area contributed by atoms with Crippen molar-refractivity contribution in [1.82, 2.24) is 4.98 Å². The maximum absolute atomic E-state index is 12.6. The normalized spacial score (nSPS) is 11.2. The first kappa shape index (κ1) is 18.5. The van der Waals surface area contributed by atoms with Gasteiger partial charge in [-0.3, -0.25) is 9.78 Å². The number of furan rings is 1. The Labute approximate surface area is 171 Å². The van der Waals surface area contributed by atoms with Gasteiger partial charge in [-0.25, -0.2) is 0 Å². The van der Waals surface area contributed by atoms with Crippen molar-refractivity contribution >= 4 is 40.2 Å². The van der Waals surface area contributed by atoms with Crippen LogP contribution in [0.1, 0.15) is 5.76 Å². The highest BCUT2D eigenvalue weighted by molar-refractivity contribution is 6.30. The standard InChI is InChI=1S/C23H14ClN3O2/c24-17-5-1-4-15(12-17)22-10-9-18(29-22)13-16(14-25)23(28)27-21-8-2-7-20-19(21)6-3-11-26-20/h1-13H,(H,27,28). The molecule has 0 aliphatic carbocycles. The van der Waals surface area contributed by atoms with Gasteiger partial charge in [0.15, 0.2) is 0 Å². The molecule has 4 rings (SSSR count). The van der Waals surface area contributed by atoms with E-state index in [2.05, 4.69) is 10.3 Å². The lowest BCUT2D eigenvalue weighted by Gasteiger charge is -2.07. The minimum atomic E-state index is -0.524. The third-order valence-electron chi connectivity index (χ3n) is 4.28. The summed E-state index contributed by atoms with van der Waals surface area (Å²) in [4.78, 5) is 16.9. The van der Waals surface area contributed by atoms with Gasteiger partial charge in [0, 0.05) is 28.2 Å². The number of hydrogen-bond donors (Lipinski definition) is 1. The first-order valence-corrected chi connectivity index (χ1v) is 9.14. The third kappa shape index (κ3) is 4.03. The largest absolute Gasteiger partial charge is 0.457 e. The molecule has 0 radical (unpaired) electrons. The Morgan fingerprint density at radius 3 is 2.79 bits per heavy atom. The van der Waals surface area contributed by atoms with Gasteiger partial charge < -0.3 is 9.73 Å². The molecule has 0 atom stereocenters. The van der Waals surface area contributed by atoms with Crippen LogP contribution < -0.4 is 5.32 Å². The maximum atomic E-state index is 12.6. The predicted octanol–water partition coefficient (Wildman–Crippen LogP) is 5.69. The maximum Gasteiger partial charge on any atom is 0.266 e. The minimum absolute atomic E-state index is 0.0714. The highest BCUT2D eigenvalue weighted by Gasteiger charge is 2.13. The molecule has 0 unspecified atom stereocenters. The fourth-order valence-electron chi connectivity index (χ4n) is 2.92. The van der Waals surface area contributed by atoms with Crippen molar-refractivity contribution in [1.29, 1.82) is 5.26 Å². The molecular formula is C23H14ClN3O2. The van der Waals surface area contributed by atoms with Gasteiger partial charge in [-0.1, -0.05) is 29.8 Å². The zero-order chi connectivity index (χ0) is 20.2. The smallest absolute Gasteiger partial charge is 0.266 e. The van der Waals surface area contributed by atoms with Crippen molar-refractivity contribution in [3.8, 4) is 17.4 Å². The summed E-state index contributed by atoms with van der Waals surface area (Å²) in [6.45, 7) is 0. The summed E-state index contributed by atoms with van der Waals surface area (Å²) in [5.41, 5.74) is 2.08. The lowest BCUT2D eigenvalue weighted by atomic mass is 10.1. The van der Waals surface area contributed by atoms with Crippen molar-refractivity contribution in [3.63, 3.8) is 0 Å². The molecule has 0 fully saturated rings. The number of aromatic nitrogens is 1. The Balaban J connectivity index is 1.59. The summed E-state index contributed by atoms with van der Waals surface area (Å²) in [6.07, 6.45) is 3.09. The van der Waals surface area contributed by atoms with Gasteiger partial charge in [-0.15, -0.1) is 0 Å². The Morgan fingerprint density at radius 1 is 1.10 bits per heavy atom. The molecular weight excluding hydrogens is 386 g/mol. The van der Waals surface area contributed by atoms with E-state index in [9.17, 15) is 10.1 Å². The van der Waals surface area contributed by atoms with E-state index in [1.165, 1.54) is 6.08 Å². The Morgan fingerprint density at radius 2 is 1.97 bits per heavy atom. The van der Waals surface area contributed by atoms with E-state index < -0.39 is 5.91 Å². The van der Waals surface area contributed by atoms with Gasteiger partial charge in [0.2, 0.25) is 0 Å². The number of benzene rings is 2. The van der Waals surface area contributed by atoms with Crippen LogP contribution in [0.25, 0.3) is 28.3 Å². The zero-order valence-corrected chi connectivity index (χ0v) is 15.9. The van der Waals surface area contributed by atoms with Crippen LogP contribution in [0.3, 0.4) is 0 Å². The van der Waals surface area contributed by atoms with Gasteiger partial charge in [-0.2, -0.15) is 5.26 Å². The van der Waals surface area contributed by atoms with Crippen LogP contribution in [0.2, 0.25) is 5.02 Å². The molecule has 140 valence electrons. The Kier molecular flexibility index (Phi) is 5.10. The van der Waals surface area contributed by atoms with E-state index in [1.54, 1.807) is 48.7 Å². The summed E-state index contributed by atoms with van der Waals surface area (Å²) in [5, 5.41) is 13.6. The lowest BCUT2D eigenvalue weighted by molar-refractivity contribution is -0.112. The summed E-state index contributed by atoms with van der Waals surface area (Å²) in [6, 6.07) is 21.7. The number of amides is 1. The van der Waals surface area contributed by atoms with E-state index >= 15 is 0 Å². The molecule has 2 aromatic carbocycles. The predicted molar refractivity (Wildman–Crippen MR) is 113 cm³/mol. The molecule has 2 aromatic heterocycles. The van der Waals surface area contributed by atoms with Crippen LogP contribution in [0, 0.1) is 11.3 Å². The van der Waals surface area contributed by atoms with Crippen LogP contribution in [-0.2, 0) is 4.79 Å².